The largest absolute Gasteiger partial charge is 0.490 e. The Morgan fingerprint density at radius 3 is 2.71 bits per heavy atom. The fraction of sp³-hybridized carbons (Fsp3) is 0.556. The number of hydrogen-bond donors (Lipinski definition) is 3. The van der Waals surface area contributed by atoms with Crippen LogP contribution >= 0.6 is 0 Å². The van der Waals surface area contributed by atoms with Gasteiger partial charge in [-0.05, 0) is 37.9 Å². The maximum Gasteiger partial charge on any atom is 0.490 e. The van der Waals surface area contributed by atoms with Crippen molar-refractivity contribution < 1.29 is 32.3 Å². The summed E-state index contributed by atoms with van der Waals surface area (Å²) in [4.78, 5) is 23.1. The van der Waals surface area contributed by atoms with Gasteiger partial charge in [0.25, 0.3) is 0 Å². The van der Waals surface area contributed by atoms with Gasteiger partial charge < -0.3 is 25.1 Å². The van der Waals surface area contributed by atoms with Crippen LogP contribution in [-0.4, -0.2) is 63.3 Å². The van der Waals surface area contributed by atoms with Crippen LogP contribution in [0.1, 0.15) is 24.3 Å². The van der Waals surface area contributed by atoms with Crippen LogP contribution in [0.15, 0.2) is 29.0 Å². The molecule has 0 aromatic carbocycles. The van der Waals surface area contributed by atoms with E-state index >= 15 is 0 Å². The third-order valence-electron chi connectivity index (χ3n) is 4.43. The van der Waals surface area contributed by atoms with Crippen LogP contribution in [0.5, 0.6) is 0 Å². The Bertz CT molecular complexity index is 825. The molecule has 0 spiro atoms. The van der Waals surface area contributed by atoms with Crippen molar-refractivity contribution in [3.05, 3.63) is 36.0 Å². The number of furan rings is 1. The molecule has 2 amide bonds. The van der Waals surface area contributed by atoms with E-state index in [0.717, 1.165) is 43.9 Å². The van der Waals surface area contributed by atoms with E-state index < -0.39 is 12.1 Å². The third kappa shape index (κ3) is 8.28. The lowest BCUT2D eigenvalue weighted by molar-refractivity contribution is -0.192. The van der Waals surface area contributed by atoms with E-state index in [1.165, 1.54) is 0 Å². The highest BCUT2D eigenvalue weighted by Crippen LogP contribution is 2.18. The predicted octanol–water partition coefficient (Wildman–Crippen LogP) is 1.85. The molecule has 1 aliphatic heterocycles. The lowest BCUT2D eigenvalue weighted by atomic mass is 9.98. The Balaban J connectivity index is 0.000000423. The number of aromatic nitrogens is 3. The van der Waals surface area contributed by atoms with Gasteiger partial charge in [-0.25, -0.2) is 9.59 Å². The highest BCUT2D eigenvalue weighted by atomic mass is 19.4. The molecule has 1 unspecified atom stereocenters. The van der Waals surface area contributed by atoms with Crippen molar-refractivity contribution >= 4 is 12.0 Å². The maximum atomic E-state index is 12.3. The summed E-state index contributed by atoms with van der Waals surface area (Å²) in [5, 5.41) is 21.4. The maximum absolute atomic E-state index is 12.3. The van der Waals surface area contributed by atoms with Crippen molar-refractivity contribution in [2.75, 3.05) is 20.1 Å². The lowest BCUT2D eigenvalue weighted by Crippen LogP contribution is -2.46. The number of carbonyl (C=O) groups excluding carboxylic acids is 1. The van der Waals surface area contributed by atoms with Gasteiger partial charge >= 0.3 is 18.2 Å². The number of likely N-dealkylation sites (tertiary alicyclic amines) is 1. The summed E-state index contributed by atoms with van der Waals surface area (Å²) >= 11 is 0. The second-order valence-corrected chi connectivity index (χ2v) is 6.96. The molecule has 0 radical (unpaired) electrons. The molecule has 2 aromatic rings. The summed E-state index contributed by atoms with van der Waals surface area (Å²) in [6.07, 6.45) is 0.603. The van der Waals surface area contributed by atoms with Gasteiger partial charge in [0.1, 0.15) is 5.76 Å². The smallest absolute Gasteiger partial charge is 0.475 e. The zero-order valence-corrected chi connectivity index (χ0v) is 16.9. The van der Waals surface area contributed by atoms with E-state index in [1.807, 2.05) is 35.0 Å². The summed E-state index contributed by atoms with van der Waals surface area (Å²) in [5.74, 6) is -1.60. The molecule has 13 heteroatoms. The predicted molar refractivity (Wildman–Crippen MR) is 102 cm³/mol. The molecule has 1 atom stereocenters. The minimum atomic E-state index is -5.08. The number of rotatable bonds is 6. The van der Waals surface area contributed by atoms with Crippen LogP contribution in [0.4, 0.5) is 18.0 Å². The first-order chi connectivity index (χ1) is 14.7. The molecule has 0 bridgehead atoms. The molecule has 0 saturated carbocycles. The monoisotopic (exact) mass is 446 g/mol. The van der Waals surface area contributed by atoms with Gasteiger partial charge in [0.15, 0.2) is 0 Å². The number of nitrogens with one attached hydrogen (secondary N) is 2. The average molecular weight is 446 g/mol. The number of alkyl halides is 3. The molecule has 3 heterocycles. The van der Waals surface area contributed by atoms with Crippen LogP contribution in [0.2, 0.25) is 0 Å². The minimum Gasteiger partial charge on any atom is -0.475 e. The molecule has 1 fully saturated rings. The number of amides is 2. The number of carboxylic acid groups (broad SMARTS) is 1. The topological polar surface area (TPSA) is 126 Å². The molecule has 31 heavy (non-hydrogen) atoms. The van der Waals surface area contributed by atoms with E-state index in [0.29, 0.717) is 19.0 Å². The van der Waals surface area contributed by atoms with Gasteiger partial charge in [-0.1, -0.05) is 5.21 Å². The molecule has 1 saturated heterocycles. The van der Waals surface area contributed by atoms with Crippen LogP contribution in [0.25, 0.3) is 0 Å². The normalized spacial score (nSPS) is 16.4. The average Bonchev–Trinajstić information content (AvgIpc) is 3.38. The van der Waals surface area contributed by atoms with E-state index in [2.05, 4.69) is 20.9 Å². The molecule has 1 aliphatic rings. The summed E-state index contributed by atoms with van der Waals surface area (Å²) in [5.41, 5.74) is 0.932. The quantitative estimate of drug-likeness (QED) is 0.618. The zero-order valence-electron chi connectivity index (χ0n) is 16.9. The van der Waals surface area contributed by atoms with Gasteiger partial charge in [-0.3, -0.25) is 4.68 Å². The number of piperidine rings is 1. The standard InChI is InChI=1S/C16H24N6O2.C2HF3O2/c1-17-8-14-12-22(20-19-14)11-13-4-2-6-21(10-13)16(23)18-9-15-5-3-7-24-15;3-2(4,5)1(6)7/h3,5,7,12-13,17H,2,4,6,8-11H2,1H3,(H,18,23);(H,6,7). The lowest BCUT2D eigenvalue weighted by Gasteiger charge is -2.32. The van der Waals surface area contributed by atoms with Gasteiger partial charge in [-0.15, -0.1) is 5.10 Å². The number of urea groups is 1. The Morgan fingerprint density at radius 1 is 1.35 bits per heavy atom. The fourth-order valence-corrected chi connectivity index (χ4v) is 3.04. The second kappa shape index (κ2) is 11.3. The Hall–Kier alpha value is -3.09. The summed E-state index contributed by atoms with van der Waals surface area (Å²) < 4.78 is 38.8. The van der Waals surface area contributed by atoms with E-state index in [4.69, 9.17) is 14.3 Å². The van der Waals surface area contributed by atoms with Crippen LogP contribution < -0.4 is 10.6 Å². The van der Waals surface area contributed by atoms with Crippen molar-refractivity contribution in [3.63, 3.8) is 0 Å². The molecular formula is C18H25F3N6O4. The molecule has 10 nitrogen and oxygen atoms in total. The highest BCUT2D eigenvalue weighted by Gasteiger charge is 2.38. The number of halogens is 3. The van der Waals surface area contributed by atoms with E-state index in [9.17, 15) is 18.0 Å². The number of carboxylic acids is 1. The van der Waals surface area contributed by atoms with Crippen LogP contribution in [0.3, 0.4) is 0 Å². The Labute approximate surface area is 176 Å². The number of carbonyl (C=O) groups is 2. The summed E-state index contributed by atoms with van der Waals surface area (Å²) in [7, 11) is 1.89. The Morgan fingerprint density at radius 2 is 2.10 bits per heavy atom. The number of nitrogens with zero attached hydrogens (tertiary/aromatic N) is 4. The molecule has 3 rings (SSSR count). The van der Waals surface area contributed by atoms with Crippen molar-refractivity contribution in [3.8, 4) is 0 Å². The van der Waals surface area contributed by atoms with Crippen molar-refractivity contribution in [2.24, 2.45) is 5.92 Å². The van der Waals surface area contributed by atoms with Crippen LogP contribution in [0, 0.1) is 5.92 Å². The molecule has 3 N–H and O–H groups in total. The van der Waals surface area contributed by atoms with Gasteiger partial charge in [0.2, 0.25) is 0 Å². The second-order valence-electron chi connectivity index (χ2n) is 6.96. The SMILES string of the molecule is CNCc1cn(CC2CCCN(C(=O)NCc3ccco3)C2)nn1.O=C(O)C(F)(F)F. The summed E-state index contributed by atoms with van der Waals surface area (Å²) in [6.45, 7) is 3.46. The third-order valence-corrected chi connectivity index (χ3v) is 4.43. The number of hydrogen-bond acceptors (Lipinski definition) is 6. The van der Waals surface area contributed by atoms with Crippen molar-refractivity contribution in [1.29, 1.82) is 0 Å². The first-order valence-corrected chi connectivity index (χ1v) is 9.58. The molecule has 0 aliphatic carbocycles. The Kier molecular flexibility index (Phi) is 8.85. The van der Waals surface area contributed by atoms with E-state index in [-0.39, 0.29) is 6.03 Å². The first kappa shape index (κ1) is 24.2. The first-order valence-electron chi connectivity index (χ1n) is 9.58. The van der Waals surface area contributed by atoms with Gasteiger partial charge in [0.05, 0.1) is 18.5 Å². The zero-order chi connectivity index (χ0) is 22.9. The number of aliphatic carboxylic acids is 1. The minimum absolute atomic E-state index is 0.0365. The van der Waals surface area contributed by atoms with E-state index in [1.54, 1.807) is 6.26 Å². The molecule has 172 valence electrons. The molecular weight excluding hydrogens is 421 g/mol. The van der Waals surface area contributed by atoms with Crippen molar-refractivity contribution in [1.82, 2.24) is 30.5 Å². The molecule has 2 aromatic heterocycles. The van der Waals surface area contributed by atoms with Gasteiger partial charge in [0, 0.05) is 32.4 Å². The van der Waals surface area contributed by atoms with Crippen LogP contribution in [-0.2, 0) is 24.4 Å². The highest BCUT2D eigenvalue weighted by molar-refractivity contribution is 5.74. The fourth-order valence-electron chi connectivity index (χ4n) is 3.04. The summed E-state index contributed by atoms with van der Waals surface area (Å²) in [6, 6.07) is 3.64. The van der Waals surface area contributed by atoms with Crippen molar-refractivity contribution in [2.45, 2.75) is 38.7 Å². The van der Waals surface area contributed by atoms with Gasteiger partial charge in [-0.2, -0.15) is 13.2 Å².